The molecule has 1 aliphatic heterocycles. The summed E-state index contributed by atoms with van der Waals surface area (Å²) in [5.41, 5.74) is 0. The fourth-order valence-corrected chi connectivity index (χ4v) is 1.92. The van der Waals surface area contributed by atoms with Crippen molar-refractivity contribution < 1.29 is 10.2 Å². The second-order valence-corrected chi connectivity index (χ2v) is 3.90. The summed E-state index contributed by atoms with van der Waals surface area (Å²) in [5.74, 6) is 0. The predicted molar refractivity (Wildman–Crippen MR) is 52.6 cm³/mol. The average Bonchev–Trinajstić information content (AvgIpc) is 2.16. The van der Waals surface area contributed by atoms with Crippen LogP contribution in [0, 0.1) is 0 Å². The normalized spacial score (nSPS) is 30.7. The third-order valence-electron chi connectivity index (χ3n) is 2.82. The van der Waals surface area contributed by atoms with E-state index in [1.165, 1.54) is 12.8 Å². The summed E-state index contributed by atoms with van der Waals surface area (Å²) in [4.78, 5) is 2.30. The Hall–Kier alpha value is -0.120. The Labute approximate surface area is 80.4 Å². The fourth-order valence-electron chi connectivity index (χ4n) is 1.92. The molecule has 78 valence electrons. The van der Waals surface area contributed by atoms with Gasteiger partial charge in [-0.3, -0.25) is 4.90 Å². The molecule has 0 bridgehead atoms. The van der Waals surface area contributed by atoms with Crippen LogP contribution in [-0.2, 0) is 0 Å². The first-order valence-corrected chi connectivity index (χ1v) is 5.31. The van der Waals surface area contributed by atoms with E-state index in [0.717, 1.165) is 25.9 Å². The molecular formula is C10H21NO2. The molecule has 1 rings (SSSR count). The van der Waals surface area contributed by atoms with Gasteiger partial charge in [-0.2, -0.15) is 0 Å². The van der Waals surface area contributed by atoms with Gasteiger partial charge in [0.15, 0.2) is 0 Å². The van der Waals surface area contributed by atoms with Crippen LogP contribution in [0.5, 0.6) is 0 Å². The molecule has 3 nitrogen and oxygen atoms in total. The van der Waals surface area contributed by atoms with Gasteiger partial charge in [0.2, 0.25) is 0 Å². The molecule has 0 radical (unpaired) electrons. The lowest BCUT2D eigenvalue weighted by Crippen LogP contribution is -2.46. The quantitative estimate of drug-likeness (QED) is 0.677. The van der Waals surface area contributed by atoms with Gasteiger partial charge >= 0.3 is 0 Å². The zero-order valence-electron chi connectivity index (χ0n) is 8.45. The van der Waals surface area contributed by atoms with Crippen molar-refractivity contribution >= 4 is 0 Å². The highest BCUT2D eigenvalue weighted by molar-refractivity contribution is 4.80. The van der Waals surface area contributed by atoms with Crippen LogP contribution in [0.3, 0.4) is 0 Å². The van der Waals surface area contributed by atoms with Crippen LogP contribution >= 0.6 is 0 Å². The van der Waals surface area contributed by atoms with Gasteiger partial charge in [0.1, 0.15) is 0 Å². The van der Waals surface area contributed by atoms with Crippen LogP contribution in [0.1, 0.15) is 32.6 Å². The Morgan fingerprint density at radius 1 is 1.46 bits per heavy atom. The SMILES string of the molecule is CCCCN1CC[C@@H](O)C[C@H]1CO. The zero-order valence-corrected chi connectivity index (χ0v) is 8.45. The van der Waals surface area contributed by atoms with Crippen LogP contribution < -0.4 is 0 Å². The smallest absolute Gasteiger partial charge is 0.0587 e. The average molecular weight is 187 g/mol. The van der Waals surface area contributed by atoms with Crippen LogP contribution in [0.25, 0.3) is 0 Å². The monoisotopic (exact) mass is 187 g/mol. The van der Waals surface area contributed by atoms with Gasteiger partial charge in [-0.05, 0) is 25.8 Å². The van der Waals surface area contributed by atoms with Crippen molar-refractivity contribution in [2.75, 3.05) is 19.7 Å². The summed E-state index contributed by atoms with van der Waals surface area (Å²) in [7, 11) is 0. The summed E-state index contributed by atoms with van der Waals surface area (Å²) >= 11 is 0. The van der Waals surface area contributed by atoms with Gasteiger partial charge < -0.3 is 10.2 Å². The number of rotatable bonds is 4. The molecule has 0 spiro atoms. The fraction of sp³-hybridized carbons (Fsp3) is 1.00. The lowest BCUT2D eigenvalue weighted by molar-refractivity contribution is 0.0166. The Balaban J connectivity index is 2.33. The van der Waals surface area contributed by atoms with Crippen LogP contribution in [0.2, 0.25) is 0 Å². The summed E-state index contributed by atoms with van der Waals surface area (Å²) in [5, 5.41) is 18.5. The number of nitrogens with zero attached hydrogens (tertiary/aromatic N) is 1. The minimum atomic E-state index is -0.199. The molecule has 0 unspecified atom stereocenters. The van der Waals surface area contributed by atoms with E-state index in [9.17, 15) is 5.11 Å². The molecule has 13 heavy (non-hydrogen) atoms. The van der Waals surface area contributed by atoms with E-state index < -0.39 is 0 Å². The van der Waals surface area contributed by atoms with Crippen molar-refractivity contribution in [2.45, 2.75) is 44.8 Å². The molecule has 0 aromatic heterocycles. The molecular weight excluding hydrogens is 166 g/mol. The number of aliphatic hydroxyl groups is 2. The van der Waals surface area contributed by atoms with Crippen molar-refractivity contribution in [1.82, 2.24) is 4.90 Å². The number of hydrogen-bond donors (Lipinski definition) is 2. The molecule has 2 atom stereocenters. The molecule has 1 saturated heterocycles. The van der Waals surface area contributed by atoms with Gasteiger partial charge in [-0.15, -0.1) is 0 Å². The largest absolute Gasteiger partial charge is 0.395 e. The van der Waals surface area contributed by atoms with Crippen molar-refractivity contribution in [1.29, 1.82) is 0 Å². The third-order valence-corrected chi connectivity index (χ3v) is 2.82. The van der Waals surface area contributed by atoms with E-state index in [2.05, 4.69) is 11.8 Å². The minimum Gasteiger partial charge on any atom is -0.395 e. The van der Waals surface area contributed by atoms with Crippen molar-refractivity contribution in [3.05, 3.63) is 0 Å². The topological polar surface area (TPSA) is 43.7 Å². The van der Waals surface area contributed by atoms with E-state index in [4.69, 9.17) is 5.11 Å². The molecule has 1 heterocycles. The highest BCUT2D eigenvalue weighted by atomic mass is 16.3. The molecule has 0 aromatic carbocycles. The first-order valence-electron chi connectivity index (χ1n) is 5.31. The van der Waals surface area contributed by atoms with Crippen molar-refractivity contribution in [3.63, 3.8) is 0 Å². The van der Waals surface area contributed by atoms with E-state index in [0.29, 0.717) is 0 Å². The summed E-state index contributed by atoms with van der Waals surface area (Å²) in [6.45, 7) is 4.36. The number of likely N-dealkylation sites (tertiary alicyclic amines) is 1. The molecule has 0 aliphatic carbocycles. The van der Waals surface area contributed by atoms with E-state index >= 15 is 0 Å². The van der Waals surface area contributed by atoms with E-state index in [-0.39, 0.29) is 18.8 Å². The van der Waals surface area contributed by atoms with Gasteiger partial charge in [0.05, 0.1) is 12.7 Å². The highest BCUT2D eigenvalue weighted by Crippen LogP contribution is 2.17. The maximum absolute atomic E-state index is 9.42. The Morgan fingerprint density at radius 2 is 2.23 bits per heavy atom. The molecule has 1 aliphatic rings. The van der Waals surface area contributed by atoms with Gasteiger partial charge in [0, 0.05) is 12.6 Å². The first-order chi connectivity index (χ1) is 6.27. The molecule has 0 amide bonds. The third kappa shape index (κ3) is 3.25. The van der Waals surface area contributed by atoms with E-state index in [1.807, 2.05) is 0 Å². The van der Waals surface area contributed by atoms with Crippen molar-refractivity contribution in [2.24, 2.45) is 0 Å². The number of aliphatic hydroxyl groups excluding tert-OH is 2. The minimum absolute atomic E-state index is 0.181. The van der Waals surface area contributed by atoms with Crippen LogP contribution in [-0.4, -0.2) is 47.0 Å². The molecule has 1 fully saturated rings. The Morgan fingerprint density at radius 3 is 2.85 bits per heavy atom. The molecule has 0 aromatic rings. The molecule has 3 heteroatoms. The predicted octanol–water partition coefficient (Wildman–Crippen LogP) is 0.604. The summed E-state index contributed by atoms with van der Waals surface area (Å²) in [6, 6.07) is 0.190. The molecule has 0 saturated carbocycles. The van der Waals surface area contributed by atoms with Gasteiger partial charge in [-0.25, -0.2) is 0 Å². The van der Waals surface area contributed by atoms with Gasteiger partial charge in [-0.1, -0.05) is 13.3 Å². The standard InChI is InChI=1S/C10H21NO2/c1-2-3-5-11-6-4-10(13)7-9(11)8-12/h9-10,12-13H,2-8H2,1H3/t9-,10+/m0/s1. The summed E-state index contributed by atoms with van der Waals surface area (Å²) in [6.07, 6.45) is 3.78. The van der Waals surface area contributed by atoms with Crippen LogP contribution in [0.15, 0.2) is 0 Å². The Bertz CT molecular complexity index is 139. The molecule has 2 N–H and O–H groups in total. The second-order valence-electron chi connectivity index (χ2n) is 3.90. The first kappa shape index (κ1) is 11.0. The summed E-state index contributed by atoms with van der Waals surface area (Å²) < 4.78 is 0. The van der Waals surface area contributed by atoms with Crippen molar-refractivity contribution in [3.8, 4) is 0 Å². The Kier molecular flexibility index (Phi) is 4.70. The van der Waals surface area contributed by atoms with Crippen LogP contribution in [0.4, 0.5) is 0 Å². The maximum atomic E-state index is 9.42. The lowest BCUT2D eigenvalue weighted by atomic mass is 10.00. The second kappa shape index (κ2) is 5.58. The zero-order chi connectivity index (χ0) is 9.68. The maximum Gasteiger partial charge on any atom is 0.0587 e. The van der Waals surface area contributed by atoms with Gasteiger partial charge in [0.25, 0.3) is 0 Å². The number of piperidine rings is 1. The number of hydrogen-bond acceptors (Lipinski definition) is 3. The lowest BCUT2D eigenvalue weighted by Gasteiger charge is -2.36. The highest BCUT2D eigenvalue weighted by Gasteiger charge is 2.25. The van der Waals surface area contributed by atoms with E-state index in [1.54, 1.807) is 0 Å². The number of unbranched alkanes of at least 4 members (excludes halogenated alkanes) is 1.